The van der Waals surface area contributed by atoms with Gasteiger partial charge in [0, 0.05) is 31.1 Å². The molecule has 3 aromatic rings. The maximum Gasteiger partial charge on any atom is 0.410 e. The van der Waals surface area contributed by atoms with Crippen LogP contribution in [0.2, 0.25) is 0 Å². The van der Waals surface area contributed by atoms with E-state index in [1.807, 2.05) is 59.0 Å². The first-order chi connectivity index (χ1) is 18.9. The van der Waals surface area contributed by atoms with E-state index in [1.165, 1.54) is 0 Å². The van der Waals surface area contributed by atoms with Gasteiger partial charge in [0.2, 0.25) is 5.91 Å². The molecule has 4 heterocycles. The Balaban J connectivity index is 1.62. The van der Waals surface area contributed by atoms with Crippen molar-refractivity contribution in [3.8, 4) is 17.0 Å². The molecule has 0 aliphatic carbocycles. The van der Waals surface area contributed by atoms with Gasteiger partial charge in [-0.3, -0.25) is 4.79 Å². The summed E-state index contributed by atoms with van der Waals surface area (Å²) in [6.07, 6.45) is 3.22. The Kier molecular flexibility index (Phi) is 7.29. The molecule has 1 fully saturated rings. The van der Waals surface area contributed by atoms with Gasteiger partial charge in [0.15, 0.2) is 5.65 Å². The van der Waals surface area contributed by atoms with Gasteiger partial charge in [-0.15, -0.1) is 0 Å². The summed E-state index contributed by atoms with van der Waals surface area (Å²) in [5.41, 5.74) is 6.46. The Morgan fingerprint density at radius 3 is 2.48 bits per heavy atom. The quantitative estimate of drug-likeness (QED) is 0.409. The van der Waals surface area contributed by atoms with Crippen molar-refractivity contribution >= 4 is 28.6 Å². The zero-order valence-corrected chi connectivity index (χ0v) is 24.5. The Hall–Kier alpha value is -3.94. The van der Waals surface area contributed by atoms with Gasteiger partial charge in [-0.25, -0.2) is 14.8 Å². The van der Waals surface area contributed by atoms with Crippen molar-refractivity contribution in [3.05, 3.63) is 58.8 Å². The minimum absolute atomic E-state index is 0.103. The number of ether oxygens (including phenoxy) is 2. The fourth-order valence-electron chi connectivity index (χ4n) is 5.66. The number of nitrogens with zero attached hydrogens (tertiary/aromatic N) is 4. The maximum atomic E-state index is 13.1. The minimum atomic E-state index is -0.572. The number of pyridine rings is 2. The van der Waals surface area contributed by atoms with E-state index in [-0.39, 0.29) is 17.9 Å². The normalized spacial score (nSPS) is 17.8. The van der Waals surface area contributed by atoms with E-state index in [2.05, 4.69) is 19.1 Å². The van der Waals surface area contributed by atoms with E-state index in [9.17, 15) is 9.59 Å². The number of hydrogen-bond acceptors (Lipinski definition) is 6. The lowest BCUT2D eigenvalue weighted by Gasteiger charge is -2.30. The fraction of sp³-hybridized carbons (Fsp3) is 0.438. The summed E-state index contributed by atoms with van der Waals surface area (Å²) in [6, 6.07) is 10.2. The Morgan fingerprint density at radius 2 is 1.80 bits per heavy atom. The molecule has 2 amide bonds. The maximum absolute atomic E-state index is 13.1. The summed E-state index contributed by atoms with van der Waals surface area (Å²) in [4.78, 5) is 39.5. The number of fused-ring (bicyclic) bond motifs is 1. The predicted molar refractivity (Wildman–Crippen MR) is 156 cm³/mol. The average molecular weight is 543 g/mol. The largest absolute Gasteiger partial charge is 0.496 e. The molecule has 8 heteroatoms. The number of carbonyl (C=O) groups is 2. The van der Waals surface area contributed by atoms with Crippen molar-refractivity contribution in [1.82, 2.24) is 19.8 Å². The van der Waals surface area contributed by atoms with Crippen LogP contribution in [0.25, 0.3) is 27.9 Å². The van der Waals surface area contributed by atoms with Crippen LogP contribution >= 0.6 is 0 Å². The highest BCUT2D eigenvalue weighted by molar-refractivity contribution is 5.93. The van der Waals surface area contributed by atoms with Crippen molar-refractivity contribution in [3.63, 3.8) is 0 Å². The third kappa shape index (κ3) is 5.40. The third-order valence-corrected chi connectivity index (χ3v) is 7.56. The summed E-state index contributed by atoms with van der Waals surface area (Å²) >= 11 is 0. The number of aryl methyl sites for hydroxylation is 2. The fourth-order valence-corrected chi connectivity index (χ4v) is 5.66. The van der Waals surface area contributed by atoms with Gasteiger partial charge < -0.3 is 19.3 Å². The lowest BCUT2D eigenvalue weighted by Crippen LogP contribution is -2.39. The van der Waals surface area contributed by atoms with Gasteiger partial charge in [-0.2, -0.15) is 0 Å². The van der Waals surface area contributed by atoms with E-state index in [1.54, 1.807) is 16.9 Å². The number of rotatable bonds is 4. The van der Waals surface area contributed by atoms with E-state index in [4.69, 9.17) is 19.4 Å². The Labute approximate surface area is 236 Å². The van der Waals surface area contributed by atoms with Gasteiger partial charge in [0.1, 0.15) is 11.4 Å². The van der Waals surface area contributed by atoms with Gasteiger partial charge in [-0.05, 0) is 94.0 Å². The van der Waals surface area contributed by atoms with Crippen LogP contribution in [0.15, 0.2) is 36.4 Å². The van der Waals surface area contributed by atoms with Crippen molar-refractivity contribution in [1.29, 1.82) is 0 Å². The topological polar surface area (TPSA) is 84.9 Å². The molecule has 0 N–H and O–H groups in total. The van der Waals surface area contributed by atoms with Crippen LogP contribution in [0.1, 0.15) is 61.9 Å². The molecule has 0 radical (unpaired) electrons. The molecule has 1 unspecified atom stereocenters. The van der Waals surface area contributed by atoms with Crippen molar-refractivity contribution in [2.75, 3.05) is 33.8 Å². The predicted octanol–water partition coefficient (Wildman–Crippen LogP) is 5.89. The highest BCUT2D eigenvalue weighted by Gasteiger charge is 2.33. The molecular formula is C32H38N4O4. The van der Waals surface area contributed by atoms with Crippen molar-refractivity contribution < 1.29 is 19.1 Å². The standard InChI is InChI=1S/C32H38N4O4/c1-19-15-20(2)28(27(16-19)39-7)25-11-10-22-24(23-12-14-35(6)30(23)37)17-26(34-29(22)33-25)21-9-8-13-36(18-21)31(38)40-32(3,4)5/h9-11,15-17,23H,8,12-14,18H2,1-7H3. The number of methoxy groups -OCH3 is 1. The Morgan fingerprint density at radius 1 is 1.05 bits per heavy atom. The van der Waals surface area contributed by atoms with E-state index in [0.717, 1.165) is 56.8 Å². The second-order valence-electron chi connectivity index (χ2n) is 11.8. The lowest BCUT2D eigenvalue weighted by molar-refractivity contribution is -0.127. The van der Waals surface area contributed by atoms with Crippen molar-refractivity contribution in [2.45, 2.75) is 59.0 Å². The minimum Gasteiger partial charge on any atom is -0.496 e. The second-order valence-corrected chi connectivity index (χ2v) is 11.8. The zero-order valence-electron chi connectivity index (χ0n) is 24.5. The monoisotopic (exact) mass is 542 g/mol. The van der Waals surface area contributed by atoms with Crippen molar-refractivity contribution in [2.24, 2.45) is 0 Å². The Bertz CT molecular complexity index is 1520. The first kappa shape index (κ1) is 27.6. The number of hydrogen-bond donors (Lipinski definition) is 0. The van der Waals surface area contributed by atoms with Crippen LogP contribution in [0.5, 0.6) is 5.75 Å². The number of likely N-dealkylation sites (tertiary alicyclic amines) is 1. The molecule has 40 heavy (non-hydrogen) atoms. The molecule has 0 saturated carbocycles. The van der Waals surface area contributed by atoms with Gasteiger partial charge >= 0.3 is 6.09 Å². The highest BCUT2D eigenvalue weighted by atomic mass is 16.6. The lowest BCUT2D eigenvalue weighted by atomic mass is 9.92. The molecule has 5 rings (SSSR count). The van der Waals surface area contributed by atoms with Gasteiger partial charge in [-0.1, -0.05) is 12.1 Å². The van der Waals surface area contributed by atoms with Crippen LogP contribution in [-0.2, 0) is 9.53 Å². The van der Waals surface area contributed by atoms with E-state index in [0.29, 0.717) is 31.7 Å². The summed E-state index contributed by atoms with van der Waals surface area (Å²) in [6.45, 7) is 11.4. The number of aromatic nitrogens is 2. The smallest absolute Gasteiger partial charge is 0.410 e. The molecular weight excluding hydrogens is 504 g/mol. The first-order valence-electron chi connectivity index (χ1n) is 13.8. The van der Waals surface area contributed by atoms with Crippen LogP contribution in [0.4, 0.5) is 4.79 Å². The number of benzene rings is 1. The SMILES string of the molecule is COc1cc(C)cc(C)c1-c1ccc2c(C3CCN(C)C3=O)cc(C3=CCCN(C(=O)OC(C)(C)C)C3)nc2n1. The molecule has 2 aliphatic heterocycles. The van der Waals surface area contributed by atoms with Crippen LogP contribution in [-0.4, -0.2) is 71.2 Å². The van der Waals surface area contributed by atoms with E-state index < -0.39 is 5.60 Å². The summed E-state index contributed by atoms with van der Waals surface area (Å²) in [7, 11) is 3.51. The molecule has 2 aliphatic rings. The molecule has 0 spiro atoms. The average Bonchev–Trinajstić information content (AvgIpc) is 3.23. The van der Waals surface area contributed by atoms with E-state index >= 15 is 0 Å². The number of amides is 2. The molecule has 2 aromatic heterocycles. The highest BCUT2D eigenvalue weighted by Crippen LogP contribution is 2.38. The number of carbonyl (C=O) groups excluding carboxylic acids is 2. The summed E-state index contributed by atoms with van der Waals surface area (Å²) in [5, 5.41) is 0.866. The molecule has 1 aromatic carbocycles. The summed E-state index contributed by atoms with van der Waals surface area (Å²) in [5.74, 6) is 0.603. The molecule has 1 saturated heterocycles. The second kappa shape index (κ2) is 10.6. The third-order valence-electron chi connectivity index (χ3n) is 7.56. The first-order valence-corrected chi connectivity index (χ1v) is 13.8. The van der Waals surface area contributed by atoms with Crippen LogP contribution in [0, 0.1) is 13.8 Å². The molecule has 210 valence electrons. The number of likely N-dealkylation sites (N-methyl/N-ethyl adjacent to an activating group) is 1. The van der Waals surface area contributed by atoms with Gasteiger partial charge in [0.25, 0.3) is 0 Å². The van der Waals surface area contributed by atoms with Gasteiger partial charge in [0.05, 0.1) is 31.0 Å². The molecule has 1 atom stereocenters. The zero-order chi connectivity index (χ0) is 28.8. The molecule has 0 bridgehead atoms. The summed E-state index contributed by atoms with van der Waals surface area (Å²) < 4.78 is 11.4. The molecule has 8 nitrogen and oxygen atoms in total. The van der Waals surface area contributed by atoms with Crippen LogP contribution in [0.3, 0.4) is 0 Å². The van der Waals surface area contributed by atoms with Crippen LogP contribution < -0.4 is 4.74 Å².